The van der Waals surface area contributed by atoms with E-state index in [1.165, 1.54) is 6.07 Å². The van der Waals surface area contributed by atoms with E-state index in [4.69, 9.17) is 9.47 Å². The van der Waals surface area contributed by atoms with Crippen LogP contribution in [0.3, 0.4) is 0 Å². The molecule has 1 atom stereocenters. The highest BCUT2D eigenvalue weighted by molar-refractivity contribution is 7.86. The predicted molar refractivity (Wildman–Crippen MR) is 69.7 cm³/mol. The molecular weight excluding hydrogens is 268 g/mol. The summed E-state index contributed by atoms with van der Waals surface area (Å²) in [6.07, 6.45) is -0.409. The van der Waals surface area contributed by atoms with Gasteiger partial charge in [0.2, 0.25) is 6.29 Å². The maximum Gasteiger partial charge on any atom is 0.296 e. The quantitative estimate of drug-likeness (QED) is 0.793. The van der Waals surface area contributed by atoms with E-state index in [9.17, 15) is 8.42 Å². The third-order valence-corrected chi connectivity index (χ3v) is 4.56. The second-order valence-corrected chi connectivity index (χ2v) is 6.62. The summed E-state index contributed by atoms with van der Waals surface area (Å²) in [4.78, 5) is 0.127. The summed E-state index contributed by atoms with van der Waals surface area (Å²) in [6.45, 7) is 6.35. The zero-order valence-corrected chi connectivity index (χ0v) is 12.3. The van der Waals surface area contributed by atoms with Gasteiger partial charge in [-0.15, -0.1) is 0 Å². The molecule has 0 bridgehead atoms. The summed E-state index contributed by atoms with van der Waals surface area (Å²) in [5, 5.41) is 0. The molecule has 0 aliphatic carbocycles. The first-order valence-corrected chi connectivity index (χ1v) is 7.47. The van der Waals surface area contributed by atoms with Gasteiger partial charge in [0, 0.05) is 12.2 Å². The van der Waals surface area contributed by atoms with Crippen LogP contribution in [-0.4, -0.2) is 28.4 Å². The van der Waals surface area contributed by atoms with Gasteiger partial charge in [-0.2, -0.15) is 8.42 Å². The first kappa shape index (κ1) is 14.3. The Balaban J connectivity index is 2.47. The molecule has 0 amide bonds. The van der Waals surface area contributed by atoms with Crippen LogP contribution in [0.15, 0.2) is 23.1 Å². The summed E-state index contributed by atoms with van der Waals surface area (Å²) in [7, 11) is -2.55. The van der Waals surface area contributed by atoms with Crippen LogP contribution in [0.2, 0.25) is 0 Å². The molecule has 0 aromatic heterocycles. The van der Waals surface area contributed by atoms with Crippen LogP contribution >= 0.6 is 0 Å². The van der Waals surface area contributed by atoms with Gasteiger partial charge in [-0.05, 0) is 39.0 Å². The van der Waals surface area contributed by atoms with Crippen molar-refractivity contribution in [3.63, 3.8) is 0 Å². The lowest BCUT2D eigenvalue weighted by atomic mass is 9.85. The molecule has 2 rings (SSSR count). The Bertz CT molecular complexity index is 577. The van der Waals surface area contributed by atoms with Crippen LogP contribution < -0.4 is 4.74 Å². The van der Waals surface area contributed by atoms with E-state index in [1.807, 2.05) is 20.8 Å². The number of hydrogen-bond acceptors (Lipinski definition) is 5. The van der Waals surface area contributed by atoms with Crippen LogP contribution in [0.4, 0.5) is 0 Å². The minimum atomic E-state index is -3.70. The lowest BCUT2D eigenvalue weighted by Gasteiger charge is -2.25. The van der Waals surface area contributed by atoms with Crippen LogP contribution in [0, 0.1) is 0 Å². The van der Waals surface area contributed by atoms with Crippen LogP contribution in [-0.2, 0) is 24.5 Å². The van der Waals surface area contributed by atoms with Crippen molar-refractivity contribution in [2.24, 2.45) is 0 Å². The van der Waals surface area contributed by atoms with Gasteiger partial charge in [0.05, 0.1) is 17.4 Å². The lowest BCUT2D eigenvalue weighted by molar-refractivity contribution is -0.0981. The molecule has 106 valence electrons. The van der Waals surface area contributed by atoms with Gasteiger partial charge >= 0.3 is 0 Å². The zero-order valence-electron chi connectivity index (χ0n) is 11.5. The summed E-state index contributed by atoms with van der Waals surface area (Å²) in [5.41, 5.74) is 0.397. The lowest BCUT2D eigenvalue weighted by Crippen LogP contribution is -2.34. The third-order valence-electron chi connectivity index (χ3n) is 3.29. The second kappa shape index (κ2) is 4.77. The van der Waals surface area contributed by atoms with Gasteiger partial charge in [0.1, 0.15) is 5.75 Å². The van der Waals surface area contributed by atoms with Crippen LogP contribution in [0.25, 0.3) is 0 Å². The number of benzene rings is 1. The SMILES string of the molecule is CCO[C@@H]1Oc2ccc(S(=O)(=O)OC)cc2C1(C)C. The summed E-state index contributed by atoms with van der Waals surface area (Å²) < 4.78 is 39.2. The van der Waals surface area contributed by atoms with Crippen LogP contribution in [0.5, 0.6) is 5.75 Å². The molecule has 5 nitrogen and oxygen atoms in total. The monoisotopic (exact) mass is 286 g/mol. The molecular formula is C13H18O5S. The second-order valence-electron chi connectivity index (χ2n) is 4.91. The molecule has 0 unspecified atom stereocenters. The highest BCUT2D eigenvalue weighted by Gasteiger charge is 2.43. The Morgan fingerprint density at radius 1 is 1.37 bits per heavy atom. The van der Waals surface area contributed by atoms with Crippen molar-refractivity contribution in [1.29, 1.82) is 0 Å². The van der Waals surface area contributed by atoms with E-state index in [2.05, 4.69) is 4.18 Å². The Morgan fingerprint density at radius 3 is 2.63 bits per heavy atom. The van der Waals surface area contributed by atoms with Gasteiger partial charge in [0.15, 0.2) is 0 Å². The van der Waals surface area contributed by atoms with Crippen molar-refractivity contribution in [2.45, 2.75) is 37.4 Å². The Kier molecular flexibility index (Phi) is 3.59. The first-order valence-electron chi connectivity index (χ1n) is 6.06. The fourth-order valence-electron chi connectivity index (χ4n) is 2.15. The molecule has 0 saturated carbocycles. The smallest absolute Gasteiger partial charge is 0.296 e. The fourth-order valence-corrected chi connectivity index (χ4v) is 2.84. The van der Waals surface area contributed by atoms with E-state index < -0.39 is 21.8 Å². The Morgan fingerprint density at radius 2 is 2.05 bits per heavy atom. The maximum atomic E-state index is 11.7. The molecule has 0 saturated heterocycles. The van der Waals surface area contributed by atoms with Crippen LogP contribution in [0.1, 0.15) is 26.3 Å². The van der Waals surface area contributed by atoms with Crippen molar-refractivity contribution in [2.75, 3.05) is 13.7 Å². The van der Waals surface area contributed by atoms with Gasteiger partial charge in [-0.1, -0.05) is 0 Å². The standard InChI is InChI=1S/C13H18O5S/c1-5-17-12-13(2,3)10-8-9(19(14,15)16-4)6-7-11(10)18-12/h6-8,12H,5H2,1-4H3/t12-/m1/s1. The van der Waals surface area contributed by atoms with Gasteiger partial charge in [-0.25, -0.2) is 0 Å². The van der Waals surface area contributed by atoms with Crippen molar-refractivity contribution >= 4 is 10.1 Å². The molecule has 19 heavy (non-hydrogen) atoms. The van der Waals surface area contributed by atoms with E-state index in [0.29, 0.717) is 12.4 Å². The molecule has 0 radical (unpaired) electrons. The topological polar surface area (TPSA) is 61.8 Å². The first-order chi connectivity index (χ1) is 8.82. The van der Waals surface area contributed by atoms with E-state index in [1.54, 1.807) is 12.1 Å². The highest BCUT2D eigenvalue weighted by Crippen LogP contribution is 2.44. The molecule has 1 heterocycles. The fraction of sp³-hybridized carbons (Fsp3) is 0.538. The number of rotatable bonds is 4. The summed E-state index contributed by atoms with van der Waals surface area (Å²) in [6, 6.07) is 4.71. The number of ether oxygens (including phenoxy) is 2. The van der Waals surface area contributed by atoms with E-state index in [-0.39, 0.29) is 4.90 Å². The number of hydrogen-bond donors (Lipinski definition) is 0. The average molecular weight is 286 g/mol. The molecule has 6 heteroatoms. The zero-order chi connectivity index (χ0) is 14.3. The van der Waals surface area contributed by atoms with E-state index >= 15 is 0 Å². The minimum absolute atomic E-state index is 0.127. The molecule has 1 aromatic carbocycles. The maximum absolute atomic E-state index is 11.7. The normalized spacial score (nSPS) is 20.9. The van der Waals surface area contributed by atoms with E-state index in [0.717, 1.165) is 12.7 Å². The molecule has 1 aromatic rings. The molecule has 1 aliphatic rings. The Hall–Kier alpha value is -1.11. The summed E-state index contributed by atoms with van der Waals surface area (Å²) in [5.74, 6) is 0.651. The molecule has 0 N–H and O–H groups in total. The largest absolute Gasteiger partial charge is 0.464 e. The third kappa shape index (κ3) is 2.35. The summed E-state index contributed by atoms with van der Waals surface area (Å²) >= 11 is 0. The van der Waals surface area contributed by atoms with Crippen molar-refractivity contribution < 1.29 is 22.1 Å². The predicted octanol–water partition coefficient (Wildman–Crippen LogP) is 2.05. The highest BCUT2D eigenvalue weighted by atomic mass is 32.2. The van der Waals surface area contributed by atoms with Crippen molar-refractivity contribution in [3.8, 4) is 5.75 Å². The molecule has 1 aliphatic heterocycles. The van der Waals surface area contributed by atoms with Gasteiger partial charge < -0.3 is 9.47 Å². The van der Waals surface area contributed by atoms with Crippen molar-refractivity contribution in [1.82, 2.24) is 0 Å². The molecule has 0 spiro atoms. The number of fused-ring (bicyclic) bond motifs is 1. The average Bonchev–Trinajstić information content (AvgIpc) is 2.62. The molecule has 0 fully saturated rings. The van der Waals surface area contributed by atoms with Crippen molar-refractivity contribution in [3.05, 3.63) is 23.8 Å². The Labute approximate surface area is 113 Å². The minimum Gasteiger partial charge on any atom is -0.464 e. The van der Waals surface area contributed by atoms with Gasteiger partial charge in [-0.3, -0.25) is 4.18 Å². The van der Waals surface area contributed by atoms with Gasteiger partial charge in [0.25, 0.3) is 10.1 Å².